The number of rotatable bonds is 0. The fourth-order valence-electron chi connectivity index (χ4n) is 0.915. The average Bonchev–Trinajstić information content (AvgIpc) is 2.34. The molecule has 5 heteroatoms. The number of nitrogens with zero attached hydrogens (tertiary/aromatic N) is 2. The van der Waals surface area contributed by atoms with Crippen LogP contribution in [0.3, 0.4) is 0 Å². The zero-order valence-corrected chi connectivity index (χ0v) is 7.82. The van der Waals surface area contributed by atoms with Gasteiger partial charge >= 0.3 is 0 Å². The first-order valence-electron chi connectivity index (χ1n) is 3.01. The van der Waals surface area contributed by atoms with E-state index in [2.05, 4.69) is 26.1 Å². The van der Waals surface area contributed by atoms with Crippen molar-refractivity contribution >= 4 is 33.8 Å². The van der Waals surface area contributed by atoms with Gasteiger partial charge in [-0.25, -0.2) is 0 Å². The summed E-state index contributed by atoms with van der Waals surface area (Å²) in [6, 6.07) is 5.71. The lowest BCUT2D eigenvalue weighted by molar-refractivity contribution is 1.06. The summed E-state index contributed by atoms with van der Waals surface area (Å²) in [5.41, 5.74) is 0.823. The molecule has 0 fully saturated rings. The molecule has 2 heterocycles. The molecule has 56 valence electrons. The third-order valence-corrected chi connectivity index (χ3v) is 2.28. The fraction of sp³-hybridized carbons (Fsp3) is 0. The molecule has 2 rings (SSSR count). The van der Waals surface area contributed by atoms with Crippen molar-refractivity contribution < 1.29 is 0 Å². The molecule has 0 aromatic carbocycles. The molecule has 0 spiro atoms. The summed E-state index contributed by atoms with van der Waals surface area (Å²) in [6.45, 7) is 0. The van der Waals surface area contributed by atoms with Gasteiger partial charge < -0.3 is 0 Å². The predicted molar refractivity (Wildman–Crippen MR) is 48.1 cm³/mol. The first-order chi connectivity index (χ1) is 5.29. The van der Waals surface area contributed by atoms with Gasteiger partial charge in [0.05, 0.1) is 4.60 Å². The average molecular weight is 230 g/mol. The monoisotopic (exact) mass is 229 g/mol. The summed E-state index contributed by atoms with van der Waals surface area (Å²) in [5, 5.41) is 6.70. The molecule has 1 N–H and O–H groups in total. The molecule has 2 aromatic rings. The van der Waals surface area contributed by atoms with Gasteiger partial charge in [-0.3, -0.25) is 9.50 Å². The van der Waals surface area contributed by atoms with Crippen molar-refractivity contribution in [1.82, 2.24) is 14.6 Å². The van der Waals surface area contributed by atoms with Crippen LogP contribution in [0.4, 0.5) is 0 Å². The van der Waals surface area contributed by atoms with E-state index < -0.39 is 0 Å². The van der Waals surface area contributed by atoms with E-state index in [-0.39, 0.29) is 0 Å². The van der Waals surface area contributed by atoms with Crippen LogP contribution < -0.4 is 0 Å². The molecule has 0 atom stereocenters. The lowest BCUT2D eigenvalue weighted by Gasteiger charge is -1.92. The lowest BCUT2D eigenvalue weighted by atomic mass is 10.5. The van der Waals surface area contributed by atoms with Crippen LogP contribution in [0.1, 0.15) is 0 Å². The third kappa shape index (κ3) is 1.00. The highest BCUT2D eigenvalue weighted by atomic mass is 79.9. The molecule has 0 saturated heterocycles. The summed E-state index contributed by atoms with van der Waals surface area (Å²) in [7, 11) is 0. The Morgan fingerprint density at radius 3 is 3.09 bits per heavy atom. The fourth-order valence-corrected chi connectivity index (χ4v) is 1.78. The second kappa shape index (κ2) is 2.42. The van der Waals surface area contributed by atoms with Crippen molar-refractivity contribution in [2.24, 2.45) is 0 Å². The summed E-state index contributed by atoms with van der Waals surface area (Å²) in [6.07, 6.45) is 0. The zero-order valence-electron chi connectivity index (χ0n) is 5.41. The Bertz CT molecular complexity index is 444. The van der Waals surface area contributed by atoms with Crippen LogP contribution in [0.2, 0.25) is 0 Å². The topological polar surface area (TPSA) is 33.1 Å². The highest BCUT2D eigenvalue weighted by Gasteiger charge is 1.97. The van der Waals surface area contributed by atoms with Crippen LogP contribution in [0, 0.1) is 4.77 Å². The van der Waals surface area contributed by atoms with Gasteiger partial charge in [0.15, 0.2) is 5.65 Å². The van der Waals surface area contributed by atoms with Gasteiger partial charge in [0, 0.05) is 0 Å². The minimum Gasteiger partial charge on any atom is -0.262 e. The smallest absolute Gasteiger partial charge is 0.200 e. The first kappa shape index (κ1) is 7.00. The number of nitrogens with one attached hydrogen (secondary N) is 1. The molecule has 0 aliphatic heterocycles. The van der Waals surface area contributed by atoms with E-state index >= 15 is 0 Å². The molecular formula is C6H4BrN3S. The van der Waals surface area contributed by atoms with Gasteiger partial charge in [0.2, 0.25) is 4.77 Å². The first-order valence-corrected chi connectivity index (χ1v) is 4.21. The summed E-state index contributed by atoms with van der Waals surface area (Å²) >= 11 is 8.35. The van der Waals surface area contributed by atoms with Gasteiger partial charge in [-0.15, -0.1) is 0 Å². The maximum Gasteiger partial charge on any atom is 0.200 e. The Morgan fingerprint density at radius 1 is 1.55 bits per heavy atom. The Hall–Kier alpha value is -0.680. The number of hydrogen-bond acceptors (Lipinski definition) is 2. The normalized spacial score (nSPS) is 10.6. The Labute approximate surface area is 76.2 Å². The van der Waals surface area contributed by atoms with Crippen molar-refractivity contribution in [3.05, 3.63) is 27.6 Å². The van der Waals surface area contributed by atoms with Crippen LogP contribution in [-0.2, 0) is 0 Å². The predicted octanol–water partition coefficient (Wildman–Crippen LogP) is 2.15. The number of pyridine rings is 1. The number of hydrogen-bond donors (Lipinski definition) is 1. The molecule has 0 saturated carbocycles. The van der Waals surface area contributed by atoms with E-state index in [4.69, 9.17) is 12.2 Å². The molecular weight excluding hydrogens is 226 g/mol. The number of halogens is 1. The minimum atomic E-state index is 0.604. The Balaban J connectivity index is 3.08. The van der Waals surface area contributed by atoms with E-state index in [0.29, 0.717) is 4.77 Å². The molecule has 11 heavy (non-hydrogen) atoms. The highest BCUT2D eigenvalue weighted by Crippen LogP contribution is 2.11. The lowest BCUT2D eigenvalue weighted by Crippen LogP contribution is -1.84. The van der Waals surface area contributed by atoms with Gasteiger partial charge in [0.25, 0.3) is 0 Å². The third-order valence-electron chi connectivity index (χ3n) is 1.39. The molecule has 0 unspecified atom stereocenters. The van der Waals surface area contributed by atoms with E-state index in [1.165, 1.54) is 0 Å². The maximum absolute atomic E-state index is 4.99. The maximum atomic E-state index is 4.99. The van der Waals surface area contributed by atoms with Crippen molar-refractivity contribution in [2.75, 3.05) is 0 Å². The van der Waals surface area contributed by atoms with Gasteiger partial charge in [-0.05, 0) is 40.3 Å². The molecule has 0 radical (unpaired) electrons. The van der Waals surface area contributed by atoms with Crippen LogP contribution >= 0.6 is 28.1 Å². The number of aromatic amines is 1. The summed E-state index contributed by atoms with van der Waals surface area (Å²) in [4.78, 5) is 0. The quantitative estimate of drug-likeness (QED) is 0.555. The van der Waals surface area contributed by atoms with E-state index in [1.807, 2.05) is 22.6 Å². The van der Waals surface area contributed by atoms with Gasteiger partial charge in [0.1, 0.15) is 0 Å². The van der Waals surface area contributed by atoms with Crippen LogP contribution in [0.15, 0.2) is 22.8 Å². The molecule has 2 aromatic heterocycles. The standard InChI is InChI=1S/C6H4BrN3S/c7-4-2-1-3-5-8-9-6(11)10(4)5/h1-3H,(H,9,11). The van der Waals surface area contributed by atoms with Crippen molar-refractivity contribution in [2.45, 2.75) is 0 Å². The van der Waals surface area contributed by atoms with Crippen molar-refractivity contribution in [3.63, 3.8) is 0 Å². The summed E-state index contributed by atoms with van der Waals surface area (Å²) < 4.78 is 3.33. The van der Waals surface area contributed by atoms with Gasteiger partial charge in [-0.2, -0.15) is 5.10 Å². The Morgan fingerprint density at radius 2 is 2.36 bits per heavy atom. The van der Waals surface area contributed by atoms with Crippen LogP contribution in [0.5, 0.6) is 0 Å². The molecule has 3 nitrogen and oxygen atoms in total. The van der Waals surface area contributed by atoms with E-state index in [9.17, 15) is 0 Å². The number of H-pyrrole nitrogens is 1. The molecule has 0 aliphatic rings. The van der Waals surface area contributed by atoms with E-state index in [0.717, 1.165) is 10.3 Å². The van der Waals surface area contributed by atoms with Crippen molar-refractivity contribution in [3.8, 4) is 0 Å². The minimum absolute atomic E-state index is 0.604. The van der Waals surface area contributed by atoms with Crippen molar-refractivity contribution in [1.29, 1.82) is 0 Å². The SMILES string of the molecule is S=c1[nH]nc2cccc(Br)n12. The van der Waals surface area contributed by atoms with E-state index in [1.54, 1.807) is 0 Å². The highest BCUT2D eigenvalue weighted by molar-refractivity contribution is 9.10. The number of fused-ring (bicyclic) bond motifs is 1. The Kier molecular flexibility index (Phi) is 1.54. The second-order valence-corrected chi connectivity index (χ2v) is 3.27. The molecule has 0 aliphatic carbocycles. The second-order valence-electron chi connectivity index (χ2n) is 2.07. The largest absolute Gasteiger partial charge is 0.262 e. The van der Waals surface area contributed by atoms with Gasteiger partial charge in [-0.1, -0.05) is 6.07 Å². The number of aromatic nitrogens is 3. The van der Waals surface area contributed by atoms with Crippen LogP contribution in [0.25, 0.3) is 5.65 Å². The van der Waals surface area contributed by atoms with Crippen LogP contribution in [-0.4, -0.2) is 14.6 Å². The zero-order chi connectivity index (χ0) is 7.84. The molecule has 0 amide bonds. The molecule has 0 bridgehead atoms. The summed E-state index contributed by atoms with van der Waals surface area (Å²) in [5.74, 6) is 0.